The van der Waals surface area contributed by atoms with Crippen molar-refractivity contribution in [3.05, 3.63) is 52.5 Å². The highest BCUT2D eigenvalue weighted by molar-refractivity contribution is 7.09. The molecule has 1 N–H and O–H groups in total. The van der Waals surface area contributed by atoms with Crippen molar-refractivity contribution in [1.82, 2.24) is 20.1 Å². The molecule has 0 aliphatic rings. The molecule has 0 bridgehead atoms. The predicted octanol–water partition coefficient (Wildman–Crippen LogP) is 1.85. The monoisotopic (exact) mass is 359 g/mol. The van der Waals surface area contributed by atoms with Gasteiger partial charge in [0.15, 0.2) is 5.96 Å². The van der Waals surface area contributed by atoms with Crippen molar-refractivity contribution in [1.29, 1.82) is 0 Å². The summed E-state index contributed by atoms with van der Waals surface area (Å²) < 4.78 is 0. The van der Waals surface area contributed by atoms with Crippen molar-refractivity contribution in [2.45, 2.75) is 13.0 Å². The fourth-order valence-corrected chi connectivity index (χ4v) is 2.73. The topological polar surface area (TPSA) is 60.8 Å². The number of carbonyl (C=O) groups is 1. The summed E-state index contributed by atoms with van der Waals surface area (Å²) in [6.45, 7) is 1.58. The molecule has 25 heavy (non-hydrogen) atoms. The van der Waals surface area contributed by atoms with Crippen LogP contribution >= 0.6 is 11.3 Å². The summed E-state index contributed by atoms with van der Waals surface area (Å²) in [5, 5.41) is 6.24. The molecule has 0 aliphatic carbocycles. The van der Waals surface area contributed by atoms with Gasteiger partial charge in [-0.3, -0.25) is 4.79 Å². The van der Waals surface area contributed by atoms with Gasteiger partial charge in [-0.25, -0.2) is 9.98 Å². The number of hydrogen-bond donors (Lipinski definition) is 1. The molecule has 0 saturated carbocycles. The van der Waals surface area contributed by atoms with Gasteiger partial charge >= 0.3 is 0 Å². The second kappa shape index (κ2) is 9.78. The molecule has 7 heteroatoms. The number of carbonyl (C=O) groups excluding carboxylic acids is 1. The van der Waals surface area contributed by atoms with Gasteiger partial charge in [0.05, 0.1) is 18.1 Å². The second-order valence-corrected chi connectivity index (χ2v) is 6.84. The van der Waals surface area contributed by atoms with Crippen molar-refractivity contribution in [3.63, 3.8) is 0 Å². The molecule has 0 unspecified atom stereocenters. The summed E-state index contributed by atoms with van der Waals surface area (Å²) >= 11 is 1.65. The fourth-order valence-electron chi connectivity index (χ4n) is 2.12. The number of aromatic nitrogens is 1. The number of amides is 1. The Balaban J connectivity index is 2.00. The first-order valence-electron chi connectivity index (χ1n) is 8.18. The highest BCUT2D eigenvalue weighted by atomic mass is 32.1. The molecule has 0 atom stereocenters. The van der Waals surface area contributed by atoms with Crippen LogP contribution in [0.1, 0.15) is 10.6 Å². The average molecular weight is 359 g/mol. The van der Waals surface area contributed by atoms with Gasteiger partial charge in [0.25, 0.3) is 0 Å². The fraction of sp³-hybridized carbons (Fsp3) is 0.389. The van der Waals surface area contributed by atoms with Crippen LogP contribution in [0.4, 0.5) is 0 Å². The van der Waals surface area contributed by atoms with E-state index in [1.54, 1.807) is 30.3 Å². The Morgan fingerprint density at radius 3 is 2.64 bits per heavy atom. The molecular formula is C18H25N5OS. The van der Waals surface area contributed by atoms with E-state index in [4.69, 9.17) is 0 Å². The number of aliphatic imine (C=N–C) groups is 1. The van der Waals surface area contributed by atoms with E-state index in [1.165, 1.54) is 0 Å². The van der Waals surface area contributed by atoms with Crippen LogP contribution in [0.25, 0.3) is 0 Å². The lowest BCUT2D eigenvalue weighted by Gasteiger charge is -2.22. The van der Waals surface area contributed by atoms with Gasteiger partial charge in [-0.05, 0) is 5.56 Å². The van der Waals surface area contributed by atoms with Gasteiger partial charge in [-0.15, -0.1) is 11.3 Å². The molecule has 1 aromatic heterocycles. The quantitative estimate of drug-likeness (QED) is 0.605. The van der Waals surface area contributed by atoms with Gasteiger partial charge in [0.2, 0.25) is 5.91 Å². The van der Waals surface area contributed by atoms with Crippen LogP contribution in [0.15, 0.2) is 46.9 Å². The molecule has 1 aromatic carbocycles. The van der Waals surface area contributed by atoms with E-state index in [2.05, 4.69) is 15.3 Å². The van der Waals surface area contributed by atoms with Crippen LogP contribution in [-0.2, 0) is 17.8 Å². The Morgan fingerprint density at radius 2 is 2.00 bits per heavy atom. The minimum Gasteiger partial charge on any atom is -0.347 e. The van der Waals surface area contributed by atoms with Crippen molar-refractivity contribution in [2.75, 3.05) is 34.2 Å². The van der Waals surface area contributed by atoms with Crippen molar-refractivity contribution >= 4 is 23.2 Å². The summed E-state index contributed by atoms with van der Waals surface area (Å²) in [5.74, 6) is 0.733. The second-order valence-electron chi connectivity index (χ2n) is 5.86. The normalized spacial score (nSPS) is 11.2. The van der Waals surface area contributed by atoms with E-state index in [0.717, 1.165) is 29.5 Å². The zero-order valence-electron chi connectivity index (χ0n) is 15.0. The zero-order chi connectivity index (χ0) is 18.1. The number of rotatable bonds is 7. The largest absolute Gasteiger partial charge is 0.347 e. The van der Waals surface area contributed by atoms with E-state index in [1.807, 2.05) is 53.9 Å². The number of nitrogens with one attached hydrogen (secondary N) is 1. The molecule has 0 fully saturated rings. The van der Waals surface area contributed by atoms with Crippen molar-refractivity contribution in [3.8, 4) is 0 Å². The number of nitrogens with zero attached hydrogens (tertiary/aromatic N) is 4. The van der Waals surface area contributed by atoms with Gasteiger partial charge in [0, 0.05) is 45.7 Å². The molecule has 1 amide bonds. The molecule has 0 aliphatic heterocycles. The van der Waals surface area contributed by atoms with Crippen LogP contribution in [0.2, 0.25) is 0 Å². The number of likely N-dealkylation sites (N-methyl/N-ethyl adjacent to an activating group) is 2. The number of guanidine groups is 1. The highest BCUT2D eigenvalue weighted by Crippen LogP contribution is 2.06. The van der Waals surface area contributed by atoms with Crippen LogP contribution in [0.5, 0.6) is 0 Å². The SMILES string of the molecule is CN(C)C(=O)CNC(=NCc1ccccc1)N(C)CCc1nccs1. The van der Waals surface area contributed by atoms with Crippen LogP contribution in [0, 0.1) is 0 Å². The summed E-state index contributed by atoms with van der Waals surface area (Å²) in [7, 11) is 5.47. The molecule has 2 rings (SSSR count). The van der Waals surface area contributed by atoms with Crippen molar-refractivity contribution in [2.24, 2.45) is 4.99 Å². The minimum absolute atomic E-state index is 0.0146. The predicted molar refractivity (Wildman–Crippen MR) is 103 cm³/mol. The summed E-state index contributed by atoms with van der Waals surface area (Å²) in [4.78, 5) is 24.5. The van der Waals surface area contributed by atoms with E-state index in [-0.39, 0.29) is 12.5 Å². The lowest BCUT2D eigenvalue weighted by molar-refractivity contribution is -0.127. The Bertz CT molecular complexity index is 670. The van der Waals surface area contributed by atoms with E-state index in [9.17, 15) is 4.79 Å². The van der Waals surface area contributed by atoms with Crippen LogP contribution in [0.3, 0.4) is 0 Å². The Labute approximate surface area is 153 Å². The third-order valence-corrected chi connectivity index (χ3v) is 4.50. The first kappa shape index (κ1) is 18.9. The molecular weight excluding hydrogens is 334 g/mol. The molecule has 1 heterocycles. The molecule has 0 saturated heterocycles. The number of hydrogen-bond acceptors (Lipinski definition) is 4. The van der Waals surface area contributed by atoms with Gasteiger partial charge in [-0.1, -0.05) is 30.3 Å². The van der Waals surface area contributed by atoms with E-state index >= 15 is 0 Å². The summed E-state index contributed by atoms with van der Waals surface area (Å²) in [6, 6.07) is 10.1. The molecule has 6 nitrogen and oxygen atoms in total. The Hall–Kier alpha value is -2.41. The van der Waals surface area contributed by atoms with Crippen LogP contribution in [-0.4, -0.2) is 60.9 Å². The maximum atomic E-state index is 11.9. The lowest BCUT2D eigenvalue weighted by Crippen LogP contribution is -2.44. The zero-order valence-corrected chi connectivity index (χ0v) is 15.8. The van der Waals surface area contributed by atoms with Crippen LogP contribution < -0.4 is 5.32 Å². The van der Waals surface area contributed by atoms with Gasteiger partial charge in [-0.2, -0.15) is 0 Å². The molecule has 0 radical (unpaired) electrons. The minimum atomic E-state index is 0.0146. The third-order valence-electron chi connectivity index (χ3n) is 3.66. The highest BCUT2D eigenvalue weighted by Gasteiger charge is 2.10. The first-order chi connectivity index (χ1) is 12.1. The number of benzene rings is 1. The van der Waals surface area contributed by atoms with Gasteiger partial charge < -0.3 is 15.1 Å². The maximum absolute atomic E-state index is 11.9. The third kappa shape index (κ3) is 6.54. The molecule has 0 spiro atoms. The Morgan fingerprint density at radius 1 is 1.24 bits per heavy atom. The lowest BCUT2D eigenvalue weighted by atomic mass is 10.2. The van der Waals surface area contributed by atoms with E-state index in [0.29, 0.717) is 6.54 Å². The first-order valence-corrected chi connectivity index (χ1v) is 9.06. The van der Waals surface area contributed by atoms with Crippen molar-refractivity contribution < 1.29 is 4.79 Å². The van der Waals surface area contributed by atoms with E-state index < -0.39 is 0 Å². The molecule has 2 aromatic rings. The smallest absolute Gasteiger partial charge is 0.241 e. The molecule has 134 valence electrons. The average Bonchev–Trinajstić information content (AvgIpc) is 3.13. The summed E-state index contributed by atoms with van der Waals surface area (Å²) in [6.07, 6.45) is 2.67. The number of thiazole rings is 1. The standard InChI is InChI=1S/C18H25N5OS/c1-22(2)17(24)14-21-18(20-13-15-7-5-4-6-8-15)23(3)11-9-16-19-10-12-25-16/h4-8,10,12H,9,11,13-14H2,1-3H3,(H,20,21). The Kier molecular flexibility index (Phi) is 7.40. The van der Waals surface area contributed by atoms with Gasteiger partial charge in [0.1, 0.15) is 0 Å². The maximum Gasteiger partial charge on any atom is 0.241 e. The summed E-state index contributed by atoms with van der Waals surface area (Å²) in [5.41, 5.74) is 1.13.